The van der Waals surface area contributed by atoms with E-state index in [4.69, 9.17) is 5.26 Å². The van der Waals surface area contributed by atoms with Crippen LogP contribution >= 0.6 is 0 Å². The van der Waals surface area contributed by atoms with Crippen LogP contribution in [0.3, 0.4) is 0 Å². The topological polar surface area (TPSA) is 76.4 Å². The zero-order valence-electron chi connectivity index (χ0n) is 13.6. The summed E-state index contributed by atoms with van der Waals surface area (Å²) in [6, 6.07) is 9.37. The van der Waals surface area contributed by atoms with Crippen LogP contribution in [-0.4, -0.2) is 42.9 Å². The van der Waals surface area contributed by atoms with Gasteiger partial charge in [0.05, 0.1) is 6.07 Å². The third-order valence-corrected chi connectivity index (χ3v) is 3.84. The molecule has 6 heteroatoms. The van der Waals surface area contributed by atoms with E-state index < -0.39 is 0 Å². The minimum absolute atomic E-state index is 0.0397. The second-order valence-corrected chi connectivity index (χ2v) is 5.90. The fourth-order valence-electron chi connectivity index (χ4n) is 2.58. The molecule has 0 saturated carbocycles. The summed E-state index contributed by atoms with van der Waals surface area (Å²) in [6.07, 6.45) is -0.145. The van der Waals surface area contributed by atoms with Crippen molar-refractivity contribution in [1.82, 2.24) is 4.90 Å². The lowest BCUT2D eigenvalue weighted by Crippen LogP contribution is -2.49. The van der Waals surface area contributed by atoms with Gasteiger partial charge >= 0.3 is 0 Å². The Labute approximate surface area is 136 Å². The summed E-state index contributed by atoms with van der Waals surface area (Å²) < 4.78 is 0. The van der Waals surface area contributed by atoms with E-state index in [1.54, 1.807) is 0 Å². The van der Waals surface area contributed by atoms with Gasteiger partial charge in [0.1, 0.15) is 6.42 Å². The monoisotopic (exact) mass is 314 g/mol. The maximum atomic E-state index is 12.0. The number of nitrogens with zero attached hydrogens (tertiary/aromatic N) is 3. The molecule has 0 radical (unpaired) electrons. The minimum atomic E-state index is -0.305. The molecule has 1 aliphatic heterocycles. The lowest BCUT2D eigenvalue weighted by molar-refractivity contribution is -0.134. The molecular formula is C17H22N4O2. The molecule has 1 saturated heterocycles. The standard InChI is InChI=1S/C17H22N4O2/c1-13(2)17(23)21-11-9-20(10-12-21)15-5-3-14(4-6-15)19-16(22)7-8-18/h3-6,13H,7,9-12H2,1-2H3,(H,19,22). The number of hydrogen-bond acceptors (Lipinski definition) is 4. The Hall–Kier alpha value is -2.55. The molecule has 0 aliphatic carbocycles. The first-order chi connectivity index (χ1) is 11.0. The molecule has 122 valence electrons. The van der Waals surface area contributed by atoms with E-state index in [1.165, 1.54) is 0 Å². The van der Waals surface area contributed by atoms with Crippen molar-refractivity contribution >= 4 is 23.2 Å². The summed E-state index contributed by atoms with van der Waals surface area (Å²) in [5, 5.41) is 11.2. The van der Waals surface area contributed by atoms with Gasteiger partial charge in [-0.15, -0.1) is 0 Å². The maximum Gasteiger partial charge on any atom is 0.238 e. The molecule has 1 aromatic rings. The number of piperazine rings is 1. The van der Waals surface area contributed by atoms with E-state index >= 15 is 0 Å². The van der Waals surface area contributed by atoms with Gasteiger partial charge < -0.3 is 15.1 Å². The number of carbonyl (C=O) groups excluding carboxylic acids is 2. The molecule has 0 bridgehead atoms. The van der Waals surface area contributed by atoms with Gasteiger partial charge in [0.15, 0.2) is 0 Å². The van der Waals surface area contributed by atoms with Crippen LogP contribution in [0.2, 0.25) is 0 Å². The van der Waals surface area contributed by atoms with Crippen molar-refractivity contribution in [2.75, 3.05) is 36.4 Å². The van der Waals surface area contributed by atoms with Gasteiger partial charge in [-0.2, -0.15) is 5.26 Å². The SMILES string of the molecule is CC(C)C(=O)N1CCN(c2ccc(NC(=O)CC#N)cc2)CC1. The molecule has 1 N–H and O–H groups in total. The maximum absolute atomic E-state index is 12.0. The molecule has 2 rings (SSSR count). The third kappa shape index (κ3) is 4.46. The van der Waals surface area contributed by atoms with Crippen LogP contribution in [0.5, 0.6) is 0 Å². The Balaban J connectivity index is 1.90. The lowest BCUT2D eigenvalue weighted by Gasteiger charge is -2.37. The number of rotatable bonds is 4. The molecule has 2 amide bonds. The molecule has 1 heterocycles. The Bertz CT molecular complexity index is 596. The van der Waals surface area contributed by atoms with Crippen LogP contribution in [0.4, 0.5) is 11.4 Å². The van der Waals surface area contributed by atoms with Crippen molar-refractivity contribution in [3.05, 3.63) is 24.3 Å². The normalized spacial score (nSPS) is 14.5. The van der Waals surface area contributed by atoms with Crippen LogP contribution in [0.1, 0.15) is 20.3 Å². The predicted molar refractivity (Wildman–Crippen MR) is 88.9 cm³/mol. The zero-order valence-corrected chi connectivity index (χ0v) is 13.6. The van der Waals surface area contributed by atoms with E-state index in [-0.39, 0.29) is 24.2 Å². The summed E-state index contributed by atoms with van der Waals surface area (Å²) in [5.41, 5.74) is 1.75. The molecular weight excluding hydrogens is 292 g/mol. The van der Waals surface area contributed by atoms with Crippen LogP contribution in [0.15, 0.2) is 24.3 Å². The molecule has 0 atom stereocenters. The fourth-order valence-corrected chi connectivity index (χ4v) is 2.58. The van der Waals surface area contributed by atoms with Crippen molar-refractivity contribution < 1.29 is 9.59 Å². The van der Waals surface area contributed by atoms with Gasteiger partial charge in [0.25, 0.3) is 0 Å². The first-order valence-electron chi connectivity index (χ1n) is 7.82. The highest BCUT2D eigenvalue weighted by Gasteiger charge is 2.22. The van der Waals surface area contributed by atoms with Crippen LogP contribution in [0, 0.1) is 17.2 Å². The second kappa shape index (κ2) is 7.63. The van der Waals surface area contributed by atoms with Crippen molar-refractivity contribution in [1.29, 1.82) is 5.26 Å². The predicted octanol–water partition coefficient (Wildman–Crippen LogP) is 1.84. The van der Waals surface area contributed by atoms with Crippen LogP contribution < -0.4 is 10.2 Å². The number of amides is 2. The fraction of sp³-hybridized carbons (Fsp3) is 0.471. The van der Waals surface area contributed by atoms with Crippen molar-refractivity contribution in [2.45, 2.75) is 20.3 Å². The number of hydrogen-bond donors (Lipinski definition) is 1. The third-order valence-electron chi connectivity index (χ3n) is 3.84. The first kappa shape index (κ1) is 16.8. The Morgan fingerprint density at radius 3 is 2.30 bits per heavy atom. The number of benzene rings is 1. The average molecular weight is 314 g/mol. The smallest absolute Gasteiger partial charge is 0.238 e. The highest BCUT2D eigenvalue weighted by atomic mass is 16.2. The van der Waals surface area contributed by atoms with E-state index in [0.717, 1.165) is 31.9 Å². The van der Waals surface area contributed by atoms with E-state index in [0.29, 0.717) is 5.69 Å². The summed E-state index contributed by atoms with van der Waals surface area (Å²) in [4.78, 5) is 27.5. The lowest BCUT2D eigenvalue weighted by atomic mass is 10.1. The first-order valence-corrected chi connectivity index (χ1v) is 7.82. The van der Waals surface area contributed by atoms with Gasteiger partial charge in [-0.25, -0.2) is 0 Å². The van der Waals surface area contributed by atoms with Gasteiger partial charge in [0, 0.05) is 43.5 Å². The zero-order chi connectivity index (χ0) is 16.8. The average Bonchev–Trinajstić information content (AvgIpc) is 2.55. The molecule has 23 heavy (non-hydrogen) atoms. The number of nitrogens with one attached hydrogen (secondary N) is 1. The molecule has 1 aliphatic rings. The quantitative estimate of drug-likeness (QED) is 0.920. The molecule has 6 nitrogen and oxygen atoms in total. The van der Waals surface area contributed by atoms with Gasteiger partial charge in [-0.05, 0) is 24.3 Å². The summed E-state index contributed by atoms with van der Waals surface area (Å²) in [6.45, 7) is 6.93. The van der Waals surface area contributed by atoms with Crippen molar-refractivity contribution in [3.63, 3.8) is 0 Å². The van der Waals surface area contributed by atoms with Crippen LogP contribution in [0.25, 0.3) is 0 Å². The summed E-state index contributed by atoms with van der Waals surface area (Å²) in [5.74, 6) is -0.0564. The van der Waals surface area contributed by atoms with E-state index in [9.17, 15) is 9.59 Å². The second-order valence-electron chi connectivity index (χ2n) is 5.90. The number of anilines is 2. The highest BCUT2D eigenvalue weighted by Crippen LogP contribution is 2.20. The van der Waals surface area contributed by atoms with Crippen molar-refractivity contribution in [2.24, 2.45) is 5.92 Å². The molecule has 0 spiro atoms. The largest absolute Gasteiger partial charge is 0.368 e. The van der Waals surface area contributed by atoms with Crippen molar-refractivity contribution in [3.8, 4) is 6.07 Å². The number of carbonyl (C=O) groups is 2. The Morgan fingerprint density at radius 2 is 1.78 bits per heavy atom. The summed E-state index contributed by atoms with van der Waals surface area (Å²) in [7, 11) is 0. The summed E-state index contributed by atoms with van der Waals surface area (Å²) >= 11 is 0. The Kier molecular flexibility index (Phi) is 5.58. The Morgan fingerprint density at radius 1 is 1.17 bits per heavy atom. The molecule has 0 aromatic heterocycles. The van der Waals surface area contributed by atoms with Gasteiger partial charge in [-0.1, -0.05) is 13.8 Å². The highest BCUT2D eigenvalue weighted by molar-refractivity contribution is 5.92. The van der Waals surface area contributed by atoms with Gasteiger partial charge in [-0.3, -0.25) is 9.59 Å². The van der Waals surface area contributed by atoms with Crippen LogP contribution in [-0.2, 0) is 9.59 Å². The minimum Gasteiger partial charge on any atom is -0.368 e. The molecule has 0 unspecified atom stereocenters. The van der Waals surface area contributed by atoms with E-state index in [2.05, 4.69) is 10.2 Å². The van der Waals surface area contributed by atoms with E-state index in [1.807, 2.05) is 49.1 Å². The van der Waals surface area contributed by atoms with Gasteiger partial charge in [0.2, 0.25) is 11.8 Å². The molecule has 1 aromatic carbocycles. The number of nitriles is 1. The molecule has 1 fully saturated rings.